The summed E-state index contributed by atoms with van der Waals surface area (Å²) in [6, 6.07) is 5.41. The van der Waals surface area contributed by atoms with E-state index in [9.17, 15) is 14.0 Å². The van der Waals surface area contributed by atoms with Crippen LogP contribution in [0, 0.1) is 12.7 Å². The Labute approximate surface area is 246 Å². The minimum atomic E-state index is -0.906. The zero-order valence-electron chi connectivity index (χ0n) is 25.3. The molecule has 1 aromatic heterocycles. The van der Waals surface area contributed by atoms with Gasteiger partial charge in [0.1, 0.15) is 5.82 Å². The van der Waals surface area contributed by atoms with Crippen LogP contribution < -0.4 is 21.1 Å². The lowest BCUT2D eigenvalue weighted by Gasteiger charge is -2.22. The van der Waals surface area contributed by atoms with Crippen molar-refractivity contribution in [2.75, 3.05) is 32.2 Å². The summed E-state index contributed by atoms with van der Waals surface area (Å²) in [6.07, 6.45) is 3.15. The Morgan fingerprint density at radius 2 is 2.05 bits per heavy atom. The number of anilines is 1. The molecule has 2 aromatic rings. The van der Waals surface area contributed by atoms with E-state index < -0.39 is 29.3 Å². The Kier molecular flexibility index (Phi) is 11.4. The van der Waals surface area contributed by atoms with E-state index in [1.807, 2.05) is 27.7 Å². The molecule has 0 saturated heterocycles. The second-order valence-corrected chi connectivity index (χ2v) is 11.0. The lowest BCUT2D eigenvalue weighted by molar-refractivity contribution is -0.143. The van der Waals surface area contributed by atoms with Crippen LogP contribution in [0.1, 0.15) is 69.0 Å². The van der Waals surface area contributed by atoms with E-state index in [4.69, 9.17) is 19.9 Å². The van der Waals surface area contributed by atoms with E-state index in [1.165, 1.54) is 25.5 Å². The third kappa shape index (κ3) is 9.27. The summed E-state index contributed by atoms with van der Waals surface area (Å²) in [5, 5.41) is 6.13. The third-order valence-corrected chi connectivity index (χ3v) is 6.61. The molecule has 0 spiro atoms. The van der Waals surface area contributed by atoms with E-state index in [0.717, 1.165) is 42.0 Å². The summed E-state index contributed by atoms with van der Waals surface area (Å²) < 4.78 is 30.5. The van der Waals surface area contributed by atoms with Crippen LogP contribution >= 0.6 is 0 Å². The first kappa shape index (κ1) is 32.5. The Balaban J connectivity index is 1.90. The van der Waals surface area contributed by atoms with Gasteiger partial charge in [0.05, 0.1) is 50.5 Å². The summed E-state index contributed by atoms with van der Waals surface area (Å²) in [5.74, 6) is -0.828. The van der Waals surface area contributed by atoms with E-state index in [1.54, 1.807) is 13.0 Å². The van der Waals surface area contributed by atoms with Gasteiger partial charge in [0, 0.05) is 24.2 Å². The maximum atomic E-state index is 14.6. The molecule has 228 valence electrons. The molecule has 1 atom stereocenters. The highest BCUT2D eigenvalue weighted by Crippen LogP contribution is 2.25. The van der Waals surface area contributed by atoms with Crippen LogP contribution in [0.15, 0.2) is 40.5 Å². The van der Waals surface area contributed by atoms with Gasteiger partial charge in [-0.05, 0) is 82.3 Å². The first-order valence-corrected chi connectivity index (χ1v) is 14.1. The molecule has 0 aliphatic carbocycles. The molecule has 0 radical (unpaired) electrons. The van der Waals surface area contributed by atoms with Crippen molar-refractivity contribution in [1.82, 2.24) is 10.3 Å². The van der Waals surface area contributed by atoms with Crippen LogP contribution in [0.2, 0.25) is 0 Å². The number of aromatic nitrogens is 1. The monoisotopic (exact) mass is 583 g/mol. The average molecular weight is 584 g/mol. The topological polar surface area (TPSA) is 137 Å². The standard InChI is InChI=1S/C31H42FN5O5/c1-7-41-28(38)15-26(20-10-11-27(40-6)24(32)14-20)37-30(39)23(25(33)18-42-31(3,4)5)17-34-16-22-13-21-9-8-12-35-29(21)36-19(22)2/h10-11,13-14,17,26H,7-9,12,15-16,18,33H2,1-6H3,(H,35,36)(H,37,39)/t26-/m0/s1. The molecule has 3 rings (SSSR count). The van der Waals surface area contributed by atoms with Crippen LogP contribution in [-0.2, 0) is 32.0 Å². The van der Waals surface area contributed by atoms with E-state index >= 15 is 0 Å². The Morgan fingerprint density at radius 3 is 2.71 bits per heavy atom. The Morgan fingerprint density at radius 1 is 1.29 bits per heavy atom. The zero-order valence-corrected chi connectivity index (χ0v) is 25.3. The molecule has 1 amide bonds. The number of carbonyl (C=O) groups is 2. The summed E-state index contributed by atoms with van der Waals surface area (Å²) >= 11 is 0. The molecule has 11 heteroatoms. The average Bonchev–Trinajstić information content (AvgIpc) is 2.93. The highest BCUT2D eigenvalue weighted by atomic mass is 19.1. The van der Waals surface area contributed by atoms with Crippen LogP contribution in [0.25, 0.3) is 0 Å². The maximum absolute atomic E-state index is 14.6. The molecule has 1 aliphatic heterocycles. The maximum Gasteiger partial charge on any atom is 0.308 e. The summed E-state index contributed by atoms with van der Waals surface area (Å²) in [5.41, 5.74) is 9.37. The fraction of sp³-hybridized carbons (Fsp3) is 0.484. The van der Waals surface area contributed by atoms with Crippen LogP contribution in [0.4, 0.5) is 10.2 Å². The van der Waals surface area contributed by atoms with Gasteiger partial charge in [0.25, 0.3) is 5.91 Å². The van der Waals surface area contributed by atoms with Crippen molar-refractivity contribution in [2.24, 2.45) is 10.7 Å². The van der Waals surface area contributed by atoms with Crippen molar-refractivity contribution >= 4 is 23.9 Å². The number of fused-ring (bicyclic) bond motifs is 1. The molecular weight excluding hydrogens is 541 g/mol. The molecule has 4 N–H and O–H groups in total. The predicted octanol–water partition coefficient (Wildman–Crippen LogP) is 4.31. The normalized spacial score (nSPS) is 14.5. The number of nitrogens with one attached hydrogen (secondary N) is 2. The molecule has 42 heavy (non-hydrogen) atoms. The molecule has 0 fully saturated rings. The highest BCUT2D eigenvalue weighted by Gasteiger charge is 2.24. The number of benzene rings is 1. The van der Waals surface area contributed by atoms with Gasteiger partial charge in [-0.25, -0.2) is 9.37 Å². The highest BCUT2D eigenvalue weighted by molar-refractivity contribution is 6.13. The smallest absolute Gasteiger partial charge is 0.308 e. The fourth-order valence-corrected chi connectivity index (χ4v) is 4.35. The van der Waals surface area contributed by atoms with Gasteiger partial charge in [0.15, 0.2) is 11.6 Å². The zero-order chi connectivity index (χ0) is 30.9. The number of hydrogen-bond donors (Lipinski definition) is 3. The lowest BCUT2D eigenvalue weighted by Crippen LogP contribution is -2.34. The number of aliphatic imine (C=N–C) groups is 1. The fourth-order valence-electron chi connectivity index (χ4n) is 4.35. The second kappa shape index (κ2) is 14.8. The number of esters is 1. The number of halogens is 1. The van der Waals surface area contributed by atoms with Gasteiger partial charge in [-0.1, -0.05) is 6.07 Å². The largest absolute Gasteiger partial charge is 0.494 e. The van der Waals surface area contributed by atoms with E-state index in [2.05, 4.69) is 26.7 Å². The number of carbonyl (C=O) groups excluding carboxylic acids is 2. The van der Waals surface area contributed by atoms with Gasteiger partial charge in [-0.15, -0.1) is 0 Å². The number of pyridine rings is 1. The second-order valence-electron chi connectivity index (χ2n) is 11.0. The Bertz CT molecular complexity index is 1340. The molecule has 10 nitrogen and oxygen atoms in total. The van der Waals surface area contributed by atoms with E-state index in [-0.39, 0.29) is 43.2 Å². The van der Waals surface area contributed by atoms with Crippen molar-refractivity contribution in [3.05, 3.63) is 63.7 Å². The lowest BCUT2D eigenvalue weighted by atomic mass is 10.0. The van der Waals surface area contributed by atoms with Crippen molar-refractivity contribution in [2.45, 2.75) is 72.1 Å². The molecule has 1 aliphatic rings. The number of nitrogens with two attached hydrogens (primary N) is 1. The van der Waals surface area contributed by atoms with Crippen molar-refractivity contribution in [1.29, 1.82) is 0 Å². The van der Waals surface area contributed by atoms with Crippen molar-refractivity contribution < 1.29 is 28.2 Å². The van der Waals surface area contributed by atoms with Crippen LogP contribution in [0.3, 0.4) is 0 Å². The van der Waals surface area contributed by atoms with Gasteiger partial charge in [-0.3, -0.25) is 14.6 Å². The number of ether oxygens (including phenoxy) is 3. The number of amides is 1. The van der Waals surface area contributed by atoms with Crippen LogP contribution in [0.5, 0.6) is 5.75 Å². The summed E-state index contributed by atoms with van der Waals surface area (Å²) in [7, 11) is 1.35. The van der Waals surface area contributed by atoms with Crippen molar-refractivity contribution in [3.63, 3.8) is 0 Å². The SMILES string of the molecule is CCOC(=O)C[C@H](NC(=O)C(C=NCc1cc2c(nc1C)NCCC2)=C(N)COC(C)(C)C)c1ccc(OC)c(F)c1. The first-order chi connectivity index (χ1) is 19.9. The number of hydrogen-bond acceptors (Lipinski definition) is 9. The first-order valence-electron chi connectivity index (χ1n) is 14.1. The molecule has 2 heterocycles. The minimum Gasteiger partial charge on any atom is -0.494 e. The predicted molar refractivity (Wildman–Crippen MR) is 160 cm³/mol. The van der Waals surface area contributed by atoms with Gasteiger partial charge in [-0.2, -0.15) is 0 Å². The number of rotatable bonds is 12. The van der Waals surface area contributed by atoms with Gasteiger partial charge < -0.3 is 30.6 Å². The van der Waals surface area contributed by atoms with Gasteiger partial charge >= 0.3 is 5.97 Å². The van der Waals surface area contributed by atoms with Crippen molar-refractivity contribution in [3.8, 4) is 5.75 Å². The number of methoxy groups -OCH3 is 1. The summed E-state index contributed by atoms with van der Waals surface area (Å²) in [6.45, 7) is 10.6. The van der Waals surface area contributed by atoms with Crippen LogP contribution in [-0.4, -0.2) is 55.5 Å². The van der Waals surface area contributed by atoms with E-state index in [0.29, 0.717) is 5.56 Å². The number of nitrogens with zero attached hydrogens (tertiary/aromatic N) is 2. The molecule has 1 aromatic carbocycles. The van der Waals surface area contributed by atoms with Gasteiger partial charge in [0.2, 0.25) is 0 Å². The number of aryl methyl sites for hydroxylation is 2. The summed E-state index contributed by atoms with van der Waals surface area (Å²) in [4.78, 5) is 35.3. The molecular formula is C31H42FN5O5. The molecule has 0 bridgehead atoms. The molecule has 0 saturated carbocycles. The Hall–Kier alpha value is -3.99. The third-order valence-electron chi connectivity index (χ3n) is 6.61. The minimum absolute atomic E-state index is 0.0247. The quantitative estimate of drug-likeness (QED) is 0.191. The molecule has 0 unspecified atom stereocenters.